The summed E-state index contributed by atoms with van der Waals surface area (Å²) in [5.41, 5.74) is 1.51. The predicted molar refractivity (Wildman–Crippen MR) is 103 cm³/mol. The van der Waals surface area contributed by atoms with E-state index in [4.69, 9.17) is 0 Å². The maximum atomic E-state index is 12.3. The molecule has 6 nitrogen and oxygen atoms in total. The van der Waals surface area contributed by atoms with Crippen LogP contribution in [-0.4, -0.2) is 35.8 Å². The van der Waals surface area contributed by atoms with Crippen molar-refractivity contribution < 1.29 is 14.4 Å². The Morgan fingerprint density at radius 1 is 0.815 bits per heavy atom. The topological polar surface area (TPSA) is 78.5 Å². The Kier molecular flexibility index (Phi) is 4.30. The molecular weight excluding hydrogens is 342 g/mol. The van der Waals surface area contributed by atoms with Crippen LogP contribution in [-0.2, 0) is 0 Å². The normalized spacial score (nSPS) is 13.0. The smallest absolute Gasteiger partial charge is 0.319 e. The summed E-state index contributed by atoms with van der Waals surface area (Å²) in [6, 6.07) is 19.8. The lowest BCUT2D eigenvalue weighted by Gasteiger charge is -2.15. The van der Waals surface area contributed by atoms with Gasteiger partial charge in [0.25, 0.3) is 11.8 Å². The highest BCUT2D eigenvalue weighted by Gasteiger charge is 2.34. The van der Waals surface area contributed by atoms with Crippen LogP contribution in [0, 0.1) is 0 Å². The molecule has 27 heavy (non-hydrogen) atoms. The number of rotatable bonds is 4. The zero-order chi connectivity index (χ0) is 18.8. The molecule has 4 rings (SSSR count). The Bertz CT molecular complexity index is 1020. The van der Waals surface area contributed by atoms with Gasteiger partial charge < -0.3 is 10.6 Å². The van der Waals surface area contributed by atoms with E-state index in [0.29, 0.717) is 16.8 Å². The quantitative estimate of drug-likeness (QED) is 0.702. The average Bonchev–Trinajstić information content (AvgIpc) is 2.93. The van der Waals surface area contributed by atoms with Crippen molar-refractivity contribution in [2.24, 2.45) is 0 Å². The van der Waals surface area contributed by atoms with Crippen molar-refractivity contribution in [3.05, 3.63) is 77.9 Å². The molecule has 1 heterocycles. The molecule has 0 spiro atoms. The van der Waals surface area contributed by atoms with Crippen LogP contribution in [0.5, 0.6) is 0 Å². The summed E-state index contributed by atoms with van der Waals surface area (Å²) in [6.45, 7) is 0.289. The summed E-state index contributed by atoms with van der Waals surface area (Å²) in [5.74, 6) is -0.654. The van der Waals surface area contributed by atoms with Gasteiger partial charge in [0.1, 0.15) is 0 Å². The predicted octanol–water partition coefficient (Wildman–Crippen LogP) is 3.26. The number of imide groups is 1. The minimum atomic E-state index is -0.386. The van der Waals surface area contributed by atoms with Gasteiger partial charge in [-0.15, -0.1) is 0 Å². The molecule has 134 valence electrons. The monoisotopic (exact) mass is 359 g/mol. The fourth-order valence-electron chi connectivity index (χ4n) is 3.22. The second-order valence-electron chi connectivity index (χ2n) is 6.22. The van der Waals surface area contributed by atoms with Gasteiger partial charge in [-0.3, -0.25) is 14.5 Å². The first-order valence-corrected chi connectivity index (χ1v) is 8.63. The maximum absolute atomic E-state index is 12.3. The Labute approximate surface area is 155 Å². The van der Waals surface area contributed by atoms with Crippen LogP contribution in [0.25, 0.3) is 10.8 Å². The molecule has 3 aromatic rings. The van der Waals surface area contributed by atoms with Crippen molar-refractivity contribution in [2.75, 3.05) is 18.4 Å². The Morgan fingerprint density at radius 2 is 1.44 bits per heavy atom. The largest absolute Gasteiger partial charge is 0.336 e. The SMILES string of the molecule is O=C(NCCN1C(=O)c2ccccc2C1=O)Nc1cccc2ccccc12. The highest BCUT2D eigenvalue weighted by atomic mass is 16.2. The number of hydrogen-bond acceptors (Lipinski definition) is 3. The molecule has 3 aromatic carbocycles. The number of benzene rings is 3. The lowest BCUT2D eigenvalue weighted by atomic mass is 10.1. The molecule has 0 aliphatic carbocycles. The first-order chi connectivity index (χ1) is 13.1. The van der Waals surface area contributed by atoms with Gasteiger partial charge in [-0.05, 0) is 23.6 Å². The van der Waals surface area contributed by atoms with Crippen LogP contribution in [0.15, 0.2) is 66.7 Å². The maximum Gasteiger partial charge on any atom is 0.319 e. The molecule has 0 bridgehead atoms. The molecule has 0 atom stereocenters. The molecular formula is C21H17N3O3. The molecule has 0 radical (unpaired) electrons. The number of carbonyl (C=O) groups is 3. The molecule has 6 heteroatoms. The highest BCUT2D eigenvalue weighted by Crippen LogP contribution is 2.23. The first kappa shape index (κ1) is 16.8. The minimum Gasteiger partial charge on any atom is -0.336 e. The standard InChI is InChI=1S/C21H17N3O3/c25-19-16-9-3-4-10-17(16)20(26)24(19)13-12-22-21(27)23-18-11-5-7-14-6-1-2-8-15(14)18/h1-11H,12-13H2,(H2,22,23,27). The summed E-state index contributed by atoms with van der Waals surface area (Å²) in [4.78, 5) is 38.0. The van der Waals surface area contributed by atoms with Crippen LogP contribution < -0.4 is 10.6 Å². The molecule has 2 N–H and O–H groups in total. The molecule has 0 saturated heterocycles. The fraction of sp³-hybridized carbons (Fsp3) is 0.0952. The zero-order valence-corrected chi connectivity index (χ0v) is 14.4. The van der Waals surface area contributed by atoms with E-state index in [0.717, 1.165) is 15.7 Å². The second-order valence-corrected chi connectivity index (χ2v) is 6.22. The number of nitrogens with zero attached hydrogens (tertiary/aromatic N) is 1. The summed E-state index contributed by atoms with van der Waals surface area (Å²) >= 11 is 0. The van der Waals surface area contributed by atoms with Crippen LogP contribution in [0.1, 0.15) is 20.7 Å². The van der Waals surface area contributed by atoms with E-state index in [1.54, 1.807) is 24.3 Å². The lowest BCUT2D eigenvalue weighted by molar-refractivity contribution is 0.0656. The minimum absolute atomic E-state index is 0.120. The van der Waals surface area contributed by atoms with E-state index >= 15 is 0 Å². The van der Waals surface area contributed by atoms with E-state index in [1.165, 1.54) is 0 Å². The molecule has 4 amide bonds. The average molecular weight is 359 g/mol. The van der Waals surface area contributed by atoms with Crippen molar-refractivity contribution in [2.45, 2.75) is 0 Å². The number of nitrogens with one attached hydrogen (secondary N) is 2. The molecule has 1 aliphatic heterocycles. The van der Waals surface area contributed by atoms with E-state index < -0.39 is 0 Å². The Balaban J connectivity index is 1.37. The van der Waals surface area contributed by atoms with E-state index in [-0.39, 0.29) is 30.9 Å². The van der Waals surface area contributed by atoms with Gasteiger partial charge in [0.2, 0.25) is 0 Å². The number of hydrogen-bond donors (Lipinski definition) is 2. The van der Waals surface area contributed by atoms with Crippen molar-refractivity contribution in [3.8, 4) is 0 Å². The van der Waals surface area contributed by atoms with Crippen molar-refractivity contribution in [1.82, 2.24) is 10.2 Å². The molecule has 0 unspecified atom stereocenters. The van der Waals surface area contributed by atoms with Crippen LogP contribution in [0.3, 0.4) is 0 Å². The van der Waals surface area contributed by atoms with E-state index in [9.17, 15) is 14.4 Å². The number of carbonyl (C=O) groups excluding carboxylic acids is 3. The van der Waals surface area contributed by atoms with Crippen LogP contribution in [0.2, 0.25) is 0 Å². The third kappa shape index (κ3) is 3.13. The second kappa shape index (κ2) is 6.92. The van der Waals surface area contributed by atoms with Gasteiger partial charge in [-0.2, -0.15) is 0 Å². The van der Waals surface area contributed by atoms with E-state index in [2.05, 4.69) is 10.6 Å². The molecule has 0 fully saturated rings. The summed E-state index contributed by atoms with van der Waals surface area (Å²) < 4.78 is 0. The van der Waals surface area contributed by atoms with Gasteiger partial charge in [0, 0.05) is 18.5 Å². The highest BCUT2D eigenvalue weighted by molar-refractivity contribution is 6.21. The molecule has 0 saturated carbocycles. The van der Waals surface area contributed by atoms with Gasteiger partial charge in [0.15, 0.2) is 0 Å². The number of anilines is 1. The zero-order valence-electron chi connectivity index (χ0n) is 14.4. The van der Waals surface area contributed by atoms with Gasteiger partial charge in [-0.25, -0.2) is 4.79 Å². The van der Waals surface area contributed by atoms with Gasteiger partial charge in [0.05, 0.1) is 16.8 Å². The van der Waals surface area contributed by atoms with Crippen LogP contribution >= 0.6 is 0 Å². The lowest BCUT2D eigenvalue weighted by Crippen LogP contribution is -2.39. The Hall–Kier alpha value is -3.67. The summed E-state index contributed by atoms with van der Waals surface area (Å²) in [7, 11) is 0. The number of urea groups is 1. The van der Waals surface area contributed by atoms with Crippen molar-refractivity contribution in [3.63, 3.8) is 0 Å². The first-order valence-electron chi connectivity index (χ1n) is 8.63. The summed E-state index contributed by atoms with van der Waals surface area (Å²) in [6.07, 6.45) is 0. The summed E-state index contributed by atoms with van der Waals surface area (Å²) in [5, 5.41) is 7.48. The van der Waals surface area contributed by atoms with Gasteiger partial charge >= 0.3 is 6.03 Å². The molecule has 0 aromatic heterocycles. The van der Waals surface area contributed by atoms with Crippen LogP contribution in [0.4, 0.5) is 10.5 Å². The van der Waals surface area contributed by atoms with Gasteiger partial charge in [-0.1, -0.05) is 48.5 Å². The van der Waals surface area contributed by atoms with Crippen molar-refractivity contribution >= 4 is 34.3 Å². The van der Waals surface area contributed by atoms with Crippen molar-refractivity contribution in [1.29, 1.82) is 0 Å². The Morgan fingerprint density at radius 3 is 2.19 bits per heavy atom. The third-order valence-electron chi connectivity index (χ3n) is 4.54. The fourth-order valence-corrected chi connectivity index (χ4v) is 3.22. The van der Waals surface area contributed by atoms with E-state index in [1.807, 2.05) is 42.5 Å². The molecule has 1 aliphatic rings. The third-order valence-corrected chi connectivity index (χ3v) is 4.54. The number of amides is 4. The number of fused-ring (bicyclic) bond motifs is 2.